The van der Waals surface area contributed by atoms with Crippen LogP contribution in [0.3, 0.4) is 0 Å². The van der Waals surface area contributed by atoms with Crippen LogP contribution in [0.4, 0.5) is 0 Å². The molecule has 1 aliphatic heterocycles. The molecule has 40 valence electrons. The van der Waals surface area contributed by atoms with Gasteiger partial charge >= 0.3 is 0 Å². The Morgan fingerprint density at radius 3 is 2.86 bits per heavy atom. The van der Waals surface area contributed by atoms with Crippen LogP contribution < -0.4 is 0 Å². The molecule has 0 aromatic rings. The zero-order chi connectivity index (χ0) is 5.28. The number of alkyl halides is 1. The first-order chi connectivity index (χ1) is 3.29. The lowest BCUT2D eigenvalue weighted by Gasteiger charge is -1.90. The molecular weight excluding hydrogens is 114 g/mol. The van der Waals surface area contributed by atoms with Crippen molar-refractivity contribution in [2.24, 2.45) is 5.16 Å². The van der Waals surface area contributed by atoms with E-state index in [2.05, 4.69) is 9.99 Å². The van der Waals surface area contributed by atoms with Crippen molar-refractivity contribution >= 4 is 17.3 Å². The molecule has 2 nitrogen and oxygen atoms in total. The molecule has 0 N–H and O–H groups in total. The highest BCUT2D eigenvalue weighted by molar-refractivity contribution is 6.21. The molecule has 3 heteroatoms. The molecule has 1 aliphatic rings. The summed E-state index contributed by atoms with van der Waals surface area (Å²) in [4.78, 5) is 4.62. The van der Waals surface area contributed by atoms with Gasteiger partial charge in [0, 0.05) is 6.42 Å². The Labute approximate surface area is 47.1 Å². The van der Waals surface area contributed by atoms with Crippen molar-refractivity contribution in [3.63, 3.8) is 0 Å². The predicted molar refractivity (Wildman–Crippen MR) is 28.5 cm³/mol. The minimum Gasteiger partial charge on any atom is -0.376 e. The van der Waals surface area contributed by atoms with Crippen LogP contribution in [0.15, 0.2) is 5.16 Å². The molecule has 0 spiro atoms. The van der Waals surface area contributed by atoms with Crippen LogP contribution in [-0.2, 0) is 4.84 Å². The van der Waals surface area contributed by atoms with E-state index in [0.29, 0.717) is 0 Å². The summed E-state index contributed by atoms with van der Waals surface area (Å²) in [5.41, 5.74) is 0.764. The molecular formula is C4H6ClNO. The van der Waals surface area contributed by atoms with E-state index in [0.717, 1.165) is 12.1 Å². The zero-order valence-electron chi connectivity index (χ0n) is 4.02. The quantitative estimate of drug-likeness (QED) is 0.441. The first-order valence-corrected chi connectivity index (χ1v) is 2.56. The van der Waals surface area contributed by atoms with Crippen molar-refractivity contribution in [2.45, 2.75) is 18.9 Å². The third-order valence-corrected chi connectivity index (χ3v) is 1.01. The van der Waals surface area contributed by atoms with Gasteiger partial charge in [-0.05, 0) is 6.92 Å². The molecule has 0 bridgehead atoms. The highest BCUT2D eigenvalue weighted by Crippen LogP contribution is 2.12. The van der Waals surface area contributed by atoms with Crippen molar-refractivity contribution < 1.29 is 4.84 Å². The summed E-state index contributed by atoms with van der Waals surface area (Å²) >= 11 is 5.47. The fraction of sp³-hybridized carbons (Fsp3) is 0.750. The van der Waals surface area contributed by atoms with E-state index in [4.69, 9.17) is 11.6 Å². The average Bonchev–Trinajstić information content (AvgIpc) is 1.87. The highest BCUT2D eigenvalue weighted by Gasteiger charge is 2.12. The number of hydrogen-bond acceptors (Lipinski definition) is 2. The molecule has 0 saturated heterocycles. The molecule has 1 unspecified atom stereocenters. The summed E-state index contributed by atoms with van der Waals surface area (Å²) in [7, 11) is 0. The number of halogens is 1. The van der Waals surface area contributed by atoms with Crippen LogP contribution in [-0.4, -0.2) is 11.3 Å². The molecule has 1 atom stereocenters. The standard InChI is InChI=1S/C4H6ClNO/c1-3-2-4(5)7-6-3/h4H,2H2,1H3. The molecule has 0 aromatic heterocycles. The van der Waals surface area contributed by atoms with Gasteiger partial charge in [-0.1, -0.05) is 16.8 Å². The molecule has 7 heavy (non-hydrogen) atoms. The third kappa shape index (κ3) is 1.06. The lowest BCUT2D eigenvalue weighted by molar-refractivity contribution is 0.143. The highest BCUT2D eigenvalue weighted by atomic mass is 35.5. The lowest BCUT2D eigenvalue weighted by Crippen LogP contribution is -1.94. The van der Waals surface area contributed by atoms with Gasteiger partial charge in [-0.3, -0.25) is 0 Å². The van der Waals surface area contributed by atoms with Crippen LogP contribution >= 0.6 is 11.6 Å². The van der Waals surface area contributed by atoms with Gasteiger partial charge in [-0.15, -0.1) is 0 Å². The summed E-state index contributed by atoms with van der Waals surface area (Å²) in [6.07, 6.45) is 0.765. The van der Waals surface area contributed by atoms with E-state index >= 15 is 0 Å². The SMILES string of the molecule is CC1=NOC(Cl)C1. The maximum atomic E-state index is 5.47. The van der Waals surface area contributed by atoms with Crippen LogP contribution in [0, 0.1) is 0 Å². The normalized spacial score (nSPS) is 29.4. The van der Waals surface area contributed by atoms with Crippen LogP contribution in [0.2, 0.25) is 0 Å². The van der Waals surface area contributed by atoms with E-state index in [1.807, 2.05) is 6.92 Å². The Kier molecular flexibility index (Phi) is 1.19. The second-order valence-electron chi connectivity index (χ2n) is 1.55. The summed E-state index contributed by atoms with van der Waals surface area (Å²) in [6.45, 7) is 1.89. The third-order valence-electron chi connectivity index (χ3n) is 0.779. The van der Waals surface area contributed by atoms with Gasteiger partial charge in [0.15, 0.2) is 0 Å². The Bertz CT molecular complexity index is 102. The second kappa shape index (κ2) is 1.70. The van der Waals surface area contributed by atoms with Gasteiger partial charge in [-0.2, -0.15) is 0 Å². The van der Waals surface area contributed by atoms with Crippen molar-refractivity contribution in [1.82, 2.24) is 0 Å². The van der Waals surface area contributed by atoms with E-state index in [-0.39, 0.29) is 5.56 Å². The van der Waals surface area contributed by atoms with Gasteiger partial charge < -0.3 is 4.84 Å². The monoisotopic (exact) mass is 119 g/mol. The Morgan fingerprint density at radius 2 is 2.71 bits per heavy atom. The number of nitrogens with zero attached hydrogens (tertiary/aromatic N) is 1. The van der Waals surface area contributed by atoms with Crippen LogP contribution in [0.1, 0.15) is 13.3 Å². The van der Waals surface area contributed by atoms with Crippen molar-refractivity contribution in [2.75, 3.05) is 0 Å². The Balaban J connectivity index is 2.42. The number of hydrogen-bond donors (Lipinski definition) is 0. The van der Waals surface area contributed by atoms with E-state index in [9.17, 15) is 0 Å². The summed E-state index contributed by atoms with van der Waals surface area (Å²) in [5, 5.41) is 3.60. The molecule has 0 radical (unpaired) electrons. The minimum absolute atomic E-state index is 0.208. The predicted octanol–water partition coefficient (Wildman–Crippen LogP) is 1.35. The van der Waals surface area contributed by atoms with E-state index < -0.39 is 0 Å². The first kappa shape index (κ1) is 4.91. The molecule has 0 amide bonds. The van der Waals surface area contributed by atoms with Crippen molar-refractivity contribution in [3.05, 3.63) is 0 Å². The van der Waals surface area contributed by atoms with Crippen LogP contribution in [0.5, 0.6) is 0 Å². The lowest BCUT2D eigenvalue weighted by atomic mass is 10.3. The van der Waals surface area contributed by atoms with Crippen LogP contribution in [0.25, 0.3) is 0 Å². The molecule has 0 aromatic carbocycles. The summed E-state index contributed by atoms with van der Waals surface area (Å²) < 4.78 is 0. The van der Waals surface area contributed by atoms with E-state index in [1.54, 1.807) is 0 Å². The van der Waals surface area contributed by atoms with Crippen molar-refractivity contribution in [1.29, 1.82) is 0 Å². The zero-order valence-corrected chi connectivity index (χ0v) is 4.77. The van der Waals surface area contributed by atoms with Gasteiger partial charge in [0.1, 0.15) is 0 Å². The Morgan fingerprint density at radius 1 is 2.00 bits per heavy atom. The van der Waals surface area contributed by atoms with Gasteiger partial charge in [0.25, 0.3) is 0 Å². The largest absolute Gasteiger partial charge is 0.376 e. The minimum atomic E-state index is -0.208. The van der Waals surface area contributed by atoms with Crippen molar-refractivity contribution in [3.8, 4) is 0 Å². The first-order valence-electron chi connectivity index (χ1n) is 2.12. The summed E-state index contributed by atoms with van der Waals surface area (Å²) in [6, 6.07) is 0. The maximum absolute atomic E-state index is 5.47. The van der Waals surface area contributed by atoms with Gasteiger partial charge in [-0.25, -0.2) is 0 Å². The van der Waals surface area contributed by atoms with Gasteiger partial charge in [0.2, 0.25) is 5.56 Å². The fourth-order valence-electron chi connectivity index (χ4n) is 0.454. The smallest absolute Gasteiger partial charge is 0.205 e. The number of oxime groups is 1. The molecule has 0 fully saturated rings. The fourth-order valence-corrected chi connectivity index (χ4v) is 0.717. The molecule has 1 rings (SSSR count). The van der Waals surface area contributed by atoms with E-state index in [1.165, 1.54) is 0 Å². The second-order valence-corrected chi connectivity index (χ2v) is 2.03. The Hall–Kier alpha value is -0.240. The average molecular weight is 120 g/mol. The molecule has 0 aliphatic carbocycles. The number of rotatable bonds is 0. The van der Waals surface area contributed by atoms with Gasteiger partial charge in [0.05, 0.1) is 5.71 Å². The maximum Gasteiger partial charge on any atom is 0.205 e. The summed E-state index contributed by atoms with van der Waals surface area (Å²) in [5.74, 6) is 0. The molecule has 1 heterocycles. The topological polar surface area (TPSA) is 21.6 Å². The molecule has 0 saturated carbocycles.